The average molecular weight is 271 g/mol. The fourth-order valence-electron chi connectivity index (χ4n) is 0.780. The molecule has 74 valence electrons. The number of unbranched alkanes of at least 4 members (excludes halogenated alkanes) is 5. The first-order valence-corrected chi connectivity index (χ1v) is 5.22. The predicted octanol–water partition coefficient (Wildman–Crippen LogP) is 2.96. The van der Waals surface area contributed by atoms with E-state index in [-0.39, 0.29) is 23.8 Å². The van der Waals surface area contributed by atoms with Crippen molar-refractivity contribution in [3.8, 4) is 0 Å². The van der Waals surface area contributed by atoms with Gasteiger partial charge in [-0.1, -0.05) is 43.3 Å². The molecule has 0 radical (unpaired) electrons. The zero-order valence-electron chi connectivity index (χ0n) is 8.55. The van der Waals surface area contributed by atoms with Gasteiger partial charge in [0.15, 0.2) is 0 Å². The molecular formula is C9H19NS2Zn. The molecule has 0 unspecified atom stereocenters. The number of thiocarbonyl (C=S) groups is 1. The zero-order valence-corrected chi connectivity index (χ0v) is 13.2. The van der Waals surface area contributed by atoms with Crippen molar-refractivity contribution in [2.75, 3.05) is 0 Å². The Hall–Kier alpha value is 0.733. The summed E-state index contributed by atoms with van der Waals surface area (Å²) in [6.07, 6.45) is 7.98. The molecule has 4 heteroatoms. The molecule has 0 aromatic carbocycles. The maximum absolute atomic E-state index is 4.66. The molecular weight excluding hydrogens is 252 g/mol. The minimum Gasteiger partial charge on any atom is -0.415 e. The number of hydrogen-bond acceptors (Lipinski definition) is 2. The van der Waals surface area contributed by atoms with Crippen LogP contribution in [0, 0.1) is 6.92 Å². The van der Waals surface area contributed by atoms with E-state index in [2.05, 4.69) is 44.4 Å². The largest absolute Gasteiger partial charge is 2.00 e. The Morgan fingerprint density at radius 3 is 2.00 bits per heavy atom. The van der Waals surface area contributed by atoms with Gasteiger partial charge in [-0.3, -0.25) is 0 Å². The maximum Gasteiger partial charge on any atom is 2.00 e. The van der Waals surface area contributed by atoms with Gasteiger partial charge in [-0.05, 0) is 0 Å². The minimum atomic E-state index is 0. The molecule has 0 saturated carbocycles. The number of rotatable bonds is 5. The van der Waals surface area contributed by atoms with Gasteiger partial charge in [0.1, 0.15) is 0 Å². The second-order valence-electron chi connectivity index (χ2n) is 2.59. The summed E-state index contributed by atoms with van der Waals surface area (Å²) in [6, 6.07) is 0. The van der Waals surface area contributed by atoms with Gasteiger partial charge in [-0.2, -0.15) is 6.42 Å². The summed E-state index contributed by atoms with van der Waals surface area (Å²) in [5, 5.41) is 0. The molecule has 0 aliphatic heterocycles. The van der Waals surface area contributed by atoms with Crippen LogP contribution in [0.4, 0.5) is 0 Å². The van der Waals surface area contributed by atoms with Crippen LogP contribution in [0.25, 0.3) is 0 Å². The summed E-state index contributed by atoms with van der Waals surface area (Å²) in [6.45, 7) is 6.02. The standard InChI is InChI=1S/C8H17.CH3NS2.Zn/c1-3-5-7-8-6-4-2;2-1(3)4;/h1,3-8H2,2H3;(H3,2,3,4);/q-1;;+2/p-1. The van der Waals surface area contributed by atoms with E-state index in [9.17, 15) is 0 Å². The zero-order chi connectivity index (χ0) is 9.82. The Labute approximate surface area is 106 Å². The van der Waals surface area contributed by atoms with Crippen LogP contribution in [0.3, 0.4) is 0 Å². The molecule has 1 nitrogen and oxygen atoms in total. The molecule has 0 aliphatic carbocycles. The summed E-state index contributed by atoms with van der Waals surface area (Å²) >= 11 is 8.26. The van der Waals surface area contributed by atoms with Crippen LogP contribution in [-0.2, 0) is 32.1 Å². The number of nitrogens with two attached hydrogens (primary N) is 1. The molecule has 0 aromatic rings. The molecule has 0 atom stereocenters. The van der Waals surface area contributed by atoms with Crippen molar-refractivity contribution in [2.24, 2.45) is 5.73 Å². The third kappa shape index (κ3) is 44.6. The van der Waals surface area contributed by atoms with Crippen LogP contribution < -0.4 is 5.73 Å². The predicted molar refractivity (Wildman–Crippen MR) is 62.9 cm³/mol. The Kier molecular flexibility index (Phi) is 27.5. The molecule has 0 saturated heterocycles. The normalized spacial score (nSPS) is 7.85. The third-order valence-electron chi connectivity index (χ3n) is 1.35. The van der Waals surface area contributed by atoms with Crippen molar-refractivity contribution in [3.63, 3.8) is 0 Å². The van der Waals surface area contributed by atoms with Gasteiger partial charge >= 0.3 is 19.5 Å². The van der Waals surface area contributed by atoms with Crippen molar-refractivity contribution >= 4 is 29.2 Å². The minimum absolute atomic E-state index is 0. The third-order valence-corrected chi connectivity index (χ3v) is 1.35. The first-order chi connectivity index (χ1) is 5.65. The molecule has 0 fully saturated rings. The van der Waals surface area contributed by atoms with Gasteiger partial charge in [0.25, 0.3) is 0 Å². The van der Waals surface area contributed by atoms with E-state index in [4.69, 9.17) is 0 Å². The molecule has 13 heavy (non-hydrogen) atoms. The molecule has 0 heterocycles. The van der Waals surface area contributed by atoms with E-state index in [0.29, 0.717) is 0 Å². The van der Waals surface area contributed by atoms with Gasteiger partial charge in [0.05, 0.1) is 0 Å². The smallest absolute Gasteiger partial charge is 0.415 e. The molecule has 0 aromatic heterocycles. The van der Waals surface area contributed by atoms with Crippen LogP contribution in [0.1, 0.15) is 45.4 Å². The van der Waals surface area contributed by atoms with Crippen LogP contribution >= 0.6 is 12.2 Å². The summed E-state index contributed by atoms with van der Waals surface area (Å²) in [5.74, 6) is 0. The quantitative estimate of drug-likeness (QED) is 0.273. The van der Waals surface area contributed by atoms with E-state index in [1.165, 1.54) is 32.1 Å². The molecule has 0 spiro atoms. The molecule has 0 bridgehead atoms. The van der Waals surface area contributed by atoms with Gasteiger partial charge < -0.3 is 37.5 Å². The fraction of sp³-hybridized carbons (Fsp3) is 0.778. The van der Waals surface area contributed by atoms with Crippen molar-refractivity contribution in [3.05, 3.63) is 6.92 Å². The van der Waals surface area contributed by atoms with E-state index < -0.39 is 0 Å². The van der Waals surface area contributed by atoms with Gasteiger partial charge in [0.2, 0.25) is 0 Å². The fourth-order valence-corrected chi connectivity index (χ4v) is 0.780. The Morgan fingerprint density at radius 1 is 1.31 bits per heavy atom. The Morgan fingerprint density at radius 2 is 1.69 bits per heavy atom. The van der Waals surface area contributed by atoms with E-state index >= 15 is 0 Å². The second-order valence-corrected chi connectivity index (χ2v) is 3.72. The molecule has 0 rings (SSSR count). The summed E-state index contributed by atoms with van der Waals surface area (Å²) in [5.41, 5.74) is 4.66. The van der Waals surface area contributed by atoms with Crippen LogP contribution in [0.5, 0.6) is 0 Å². The van der Waals surface area contributed by atoms with E-state index in [0.717, 1.165) is 6.42 Å². The topological polar surface area (TPSA) is 26.0 Å². The van der Waals surface area contributed by atoms with Gasteiger partial charge in [-0.25, -0.2) is 0 Å². The van der Waals surface area contributed by atoms with Crippen LogP contribution in [0.15, 0.2) is 0 Å². The van der Waals surface area contributed by atoms with Crippen LogP contribution in [0.2, 0.25) is 0 Å². The van der Waals surface area contributed by atoms with Gasteiger partial charge in [0, 0.05) is 0 Å². The molecule has 0 amide bonds. The van der Waals surface area contributed by atoms with E-state index in [1.54, 1.807) is 0 Å². The SMILES string of the molecule is NC(=S)[S-].[CH2-]CCCCCCC.[Zn+2]. The first-order valence-electron chi connectivity index (χ1n) is 4.40. The second kappa shape index (κ2) is 18.5. The number of hydrogen-bond donors (Lipinski definition) is 1. The summed E-state index contributed by atoms with van der Waals surface area (Å²) < 4.78 is 0.0833. The van der Waals surface area contributed by atoms with Crippen molar-refractivity contribution in [1.82, 2.24) is 0 Å². The Bertz CT molecular complexity index is 89.6. The van der Waals surface area contributed by atoms with Crippen molar-refractivity contribution < 1.29 is 19.5 Å². The molecule has 0 aliphatic rings. The average Bonchev–Trinajstić information content (AvgIpc) is 1.97. The van der Waals surface area contributed by atoms with Crippen LogP contribution in [-0.4, -0.2) is 4.32 Å². The van der Waals surface area contributed by atoms with E-state index in [1.807, 2.05) is 0 Å². The first kappa shape index (κ1) is 19.3. The maximum atomic E-state index is 4.66. The van der Waals surface area contributed by atoms with Crippen molar-refractivity contribution in [1.29, 1.82) is 0 Å². The Balaban J connectivity index is -0.000000173. The summed E-state index contributed by atoms with van der Waals surface area (Å²) in [7, 11) is 0. The van der Waals surface area contributed by atoms with Gasteiger partial charge in [-0.15, -0.1) is 0 Å². The summed E-state index contributed by atoms with van der Waals surface area (Å²) in [4.78, 5) is 0. The van der Waals surface area contributed by atoms with Crippen molar-refractivity contribution in [2.45, 2.75) is 45.4 Å². The molecule has 2 N–H and O–H groups in total. The monoisotopic (exact) mass is 269 g/mol.